The van der Waals surface area contributed by atoms with Crippen LogP contribution in [0, 0.1) is 0 Å². The summed E-state index contributed by atoms with van der Waals surface area (Å²) in [5, 5.41) is 3.32. The Bertz CT molecular complexity index is 197. The highest BCUT2D eigenvalue weighted by molar-refractivity contribution is 7.99. The molecule has 0 unspecified atom stereocenters. The largest absolute Gasteiger partial charge is 0.341 e. The topological polar surface area (TPSA) is 32.3 Å². The molecule has 102 valence electrons. The van der Waals surface area contributed by atoms with Gasteiger partial charge in [-0.15, -0.1) is 12.4 Å². The zero-order valence-corrected chi connectivity index (χ0v) is 12.4. The van der Waals surface area contributed by atoms with Gasteiger partial charge in [0.05, 0.1) is 0 Å². The molecule has 0 atom stereocenters. The van der Waals surface area contributed by atoms with Gasteiger partial charge in [-0.05, 0) is 25.1 Å². The van der Waals surface area contributed by atoms with Crippen molar-refractivity contribution in [1.82, 2.24) is 10.2 Å². The second-order valence-corrected chi connectivity index (χ2v) is 5.43. The Morgan fingerprint density at radius 3 is 2.88 bits per heavy atom. The fourth-order valence-electron chi connectivity index (χ4n) is 1.76. The first-order valence-electron chi connectivity index (χ1n) is 6.41. The highest BCUT2D eigenvalue weighted by Gasteiger charge is 2.14. The Kier molecular flexibility index (Phi) is 11.2. The maximum absolute atomic E-state index is 11.9. The van der Waals surface area contributed by atoms with Gasteiger partial charge in [0.15, 0.2) is 0 Å². The van der Waals surface area contributed by atoms with Gasteiger partial charge in [-0.25, -0.2) is 0 Å². The average Bonchev–Trinajstić information content (AvgIpc) is 2.57. The van der Waals surface area contributed by atoms with E-state index < -0.39 is 0 Å². The van der Waals surface area contributed by atoms with Crippen LogP contribution in [0.25, 0.3) is 0 Å². The molecule has 0 aliphatic carbocycles. The van der Waals surface area contributed by atoms with Crippen molar-refractivity contribution in [3.05, 3.63) is 0 Å². The number of nitrogens with zero attached hydrogens (tertiary/aromatic N) is 1. The number of rotatable bonds is 6. The average molecular weight is 281 g/mol. The van der Waals surface area contributed by atoms with E-state index in [0.717, 1.165) is 38.4 Å². The molecule has 0 spiro atoms. The summed E-state index contributed by atoms with van der Waals surface area (Å²) in [5.41, 5.74) is 0. The summed E-state index contributed by atoms with van der Waals surface area (Å²) in [6.45, 7) is 6.03. The Labute approximate surface area is 115 Å². The third kappa shape index (κ3) is 7.90. The van der Waals surface area contributed by atoms with E-state index in [1.165, 1.54) is 18.6 Å². The van der Waals surface area contributed by atoms with E-state index in [1.54, 1.807) is 0 Å². The maximum atomic E-state index is 11.9. The van der Waals surface area contributed by atoms with Crippen LogP contribution >= 0.6 is 24.2 Å². The number of hydrogen-bond donors (Lipinski definition) is 1. The molecule has 1 fully saturated rings. The number of nitrogens with one attached hydrogen (secondary N) is 1. The van der Waals surface area contributed by atoms with Crippen LogP contribution in [0.3, 0.4) is 0 Å². The molecule has 0 saturated carbocycles. The molecule has 1 heterocycles. The lowest BCUT2D eigenvalue weighted by Crippen LogP contribution is -2.34. The highest BCUT2D eigenvalue weighted by atomic mass is 35.5. The van der Waals surface area contributed by atoms with E-state index in [0.29, 0.717) is 12.3 Å². The fourth-order valence-corrected chi connectivity index (χ4v) is 2.78. The molecule has 5 heteroatoms. The van der Waals surface area contributed by atoms with Crippen molar-refractivity contribution in [2.45, 2.75) is 32.6 Å². The van der Waals surface area contributed by atoms with E-state index >= 15 is 0 Å². The summed E-state index contributed by atoms with van der Waals surface area (Å²) in [6, 6.07) is 0. The Morgan fingerprint density at radius 2 is 2.12 bits per heavy atom. The second kappa shape index (κ2) is 11.2. The summed E-state index contributed by atoms with van der Waals surface area (Å²) in [6.07, 6.45) is 4.33. The van der Waals surface area contributed by atoms with E-state index in [4.69, 9.17) is 0 Å². The van der Waals surface area contributed by atoms with Gasteiger partial charge in [-0.1, -0.05) is 13.3 Å². The van der Waals surface area contributed by atoms with Crippen LogP contribution < -0.4 is 5.32 Å². The lowest BCUT2D eigenvalue weighted by atomic mass is 10.3. The summed E-state index contributed by atoms with van der Waals surface area (Å²) < 4.78 is 0. The number of unbranched alkanes of at least 4 members (excludes halogenated alkanes) is 1. The molecule has 1 N–H and O–H groups in total. The van der Waals surface area contributed by atoms with Crippen molar-refractivity contribution < 1.29 is 4.79 Å². The van der Waals surface area contributed by atoms with Crippen molar-refractivity contribution in [3.63, 3.8) is 0 Å². The number of carbonyl (C=O) groups excluding carboxylic acids is 1. The van der Waals surface area contributed by atoms with E-state index in [9.17, 15) is 4.79 Å². The molecule has 0 aromatic carbocycles. The van der Waals surface area contributed by atoms with Crippen LogP contribution in [-0.4, -0.2) is 48.5 Å². The molecule has 1 aliphatic heterocycles. The van der Waals surface area contributed by atoms with Gasteiger partial charge in [-0.2, -0.15) is 11.8 Å². The quantitative estimate of drug-likeness (QED) is 0.757. The number of amides is 1. The zero-order valence-electron chi connectivity index (χ0n) is 10.7. The Hall–Kier alpha value is 0.0700. The molecule has 1 amide bonds. The van der Waals surface area contributed by atoms with Crippen LogP contribution in [0.1, 0.15) is 32.6 Å². The van der Waals surface area contributed by atoms with Gasteiger partial charge >= 0.3 is 0 Å². The van der Waals surface area contributed by atoms with Gasteiger partial charge in [0.2, 0.25) is 5.91 Å². The first kappa shape index (κ1) is 17.1. The lowest BCUT2D eigenvalue weighted by Gasteiger charge is -2.19. The summed E-state index contributed by atoms with van der Waals surface area (Å²) >= 11 is 1.91. The first-order chi connectivity index (χ1) is 7.84. The molecule has 17 heavy (non-hydrogen) atoms. The van der Waals surface area contributed by atoms with Gasteiger partial charge in [0.1, 0.15) is 0 Å². The number of thioether (sulfide) groups is 1. The SMILES string of the molecule is CCCCSCCC(=O)N1CCCNCC1.Cl. The van der Waals surface area contributed by atoms with E-state index in [1.807, 2.05) is 16.7 Å². The highest BCUT2D eigenvalue weighted by Crippen LogP contribution is 2.08. The molecule has 1 rings (SSSR count). The Morgan fingerprint density at radius 1 is 1.29 bits per heavy atom. The number of hydrogen-bond acceptors (Lipinski definition) is 3. The summed E-state index contributed by atoms with van der Waals surface area (Å²) in [7, 11) is 0. The molecule has 0 aromatic heterocycles. The maximum Gasteiger partial charge on any atom is 0.223 e. The van der Waals surface area contributed by atoms with Gasteiger partial charge < -0.3 is 10.2 Å². The summed E-state index contributed by atoms with van der Waals surface area (Å²) in [4.78, 5) is 13.9. The molecule has 3 nitrogen and oxygen atoms in total. The smallest absolute Gasteiger partial charge is 0.223 e. The van der Waals surface area contributed by atoms with Gasteiger partial charge in [-0.3, -0.25) is 4.79 Å². The van der Waals surface area contributed by atoms with Crippen LogP contribution in [-0.2, 0) is 4.79 Å². The van der Waals surface area contributed by atoms with E-state index in [-0.39, 0.29) is 12.4 Å². The van der Waals surface area contributed by atoms with Crippen molar-refractivity contribution >= 4 is 30.1 Å². The van der Waals surface area contributed by atoms with Crippen LogP contribution in [0.2, 0.25) is 0 Å². The standard InChI is InChI=1S/C12H24N2OS.ClH/c1-2-3-10-16-11-5-12(15)14-8-4-6-13-7-9-14;/h13H,2-11H2,1H3;1H. The molecule has 1 saturated heterocycles. The molecular formula is C12H25ClN2OS. The predicted molar refractivity (Wildman–Crippen MR) is 78.2 cm³/mol. The van der Waals surface area contributed by atoms with Gasteiger partial charge in [0, 0.05) is 31.8 Å². The normalized spacial score (nSPS) is 16.2. The monoisotopic (exact) mass is 280 g/mol. The lowest BCUT2D eigenvalue weighted by molar-refractivity contribution is -0.130. The minimum atomic E-state index is 0. The third-order valence-corrected chi connectivity index (χ3v) is 3.87. The number of halogens is 1. The minimum Gasteiger partial charge on any atom is -0.341 e. The van der Waals surface area contributed by atoms with Crippen molar-refractivity contribution in [1.29, 1.82) is 0 Å². The molecular weight excluding hydrogens is 256 g/mol. The van der Waals surface area contributed by atoms with E-state index in [2.05, 4.69) is 12.2 Å². The van der Waals surface area contributed by atoms with Gasteiger partial charge in [0.25, 0.3) is 0 Å². The van der Waals surface area contributed by atoms with Crippen LogP contribution in [0.5, 0.6) is 0 Å². The van der Waals surface area contributed by atoms with Crippen LogP contribution in [0.15, 0.2) is 0 Å². The predicted octanol–water partition coefficient (Wildman–Crippen LogP) is 2.15. The van der Waals surface area contributed by atoms with Crippen molar-refractivity contribution in [2.75, 3.05) is 37.7 Å². The van der Waals surface area contributed by atoms with Crippen LogP contribution in [0.4, 0.5) is 0 Å². The fraction of sp³-hybridized carbons (Fsp3) is 0.917. The second-order valence-electron chi connectivity index (χ2n) is 4.20. The summed E-state index contributed by atoms with van der Waals surface area (Å²) in [5.74, 6) is 2.53. The molecule has 1 aliphatic rings. The molecule has 0 aromatic rings. The molecule has 0 radical (unpaired) electrons. The first-order valence-corrected chi connectivity index (χ1v) is 7.56. The van der Waals surface area contributed by atoms with Crippen molar-refractivity contribution in [2.24, 2.45) is 0 Å². The van der Waals surface area contributed by atoms with Crippen molar-refractivity contribution in [3.8, 4) is 0 Å². The number of carbonyl (C=O) groups is 1. The minimum absolute atomic E-state index is 0. The molecule has 0 bridgehead atoms. The third-order valence-electron chi connectivity index (χ3n) is 2.80. The Balaban J connectivity index is 0.00000256. The zero-order chi connectivity index (χ0) is 11.6.